The Bertz CT molecular complexity index is 1730. The molecule has 3 aromatic heterocycles. The maximum Gasteiger partial charge on any atom is 0.429 e. The number of benzene rings is 1. The van der Waals surface area contributed by atoms with E-state index in [0.29, 0.717) is 48.6 Å². The van der Waals surface area contributed by atoms with Crippen molar-refractivity contribution < 1.29 is 18.5 Å². The summed E-state index contributed by atoms with van der Waals surface area (Å²) in [5, 5.41) is 16.0. The van der Waals surface area contributed by atoms with E-state index in [1.807, 2.05) is 47.6 Å². The van der Waals surface area contributed by atoms with E-state index in [9.17, 15) is 14.4 Å². The summed E-state index contributed by atoms with van der Waals surface area (Å²) in [4.78, 5) is 34.3. The molecule has 45 heavy (non-hydrogen) atoms. The lowest BCUT2D eigenvalue weighted by molar-refractivity contribution is -0.141. The van der Waals surface area contributed by atoms with E-state index in [1.165, 1.54) is 12.3 Å². The Morgan fingerprint density at radius 3 is 2.40 bits per heavy atom. The number of nitrogens with zero attached hydrogens (tertiary/aromatic N) is 7. The fourth-order valence-electron chi connectivity index (χ4n) is 5.84. The van der Waals surface area contributed by atoms with Gasteiger partial charge in [-0.15, -0.1) is 5.06 Å². The number of hydrogen-bond acceptors (Lipinski definition) is 10. The van der Waals surface area contributed by atoms with Gasteiger partial charge in [0.1, 0.15) is 16.9 Å². The third kappa shape index (κ3) is 6.49. The Hall–Kier alpha value is -4.89. The van der Waals surface area contributed by atoms with E-state index in [4.69, 9.17) is 15.1 Å². The summed E-state index contributed by atoms with van der Waals surface area (Å²) < 4.78 is 19.8. The van der Waals surface area contributed by atoms with E-state index in [-0.39, 0.29) is 22.8 Å². The zero-order valence-corrected chi connectivity index (χ0v) is 26.3. The maximum absolute atomic E-state index is 14.3. The molecule has 234 valence electrons. The average molecular weight is 613 g/mol. The molecule has 4 heterocycles. The molecule has 1 aromatic carbocycles. The van der Waals surface area contributed by atoms with Crippen molar-refractivity contribution in [2.75, 3.05) is 18.8 Å². The summed E-state index contributed by atoms with van der Waals surface area (Å²) in [6.07, 6.45) is 3.55. The van der Waals surface area contributed by atoms with Crippen LogP contribution in [0.4, 0.5) is 15.0 Å². The second-order valence-electron chi connectivity index (χ2n) is 13.1. The molecule has 1 aliphatic rings. The van der Waals surface area contributed by atoms with E-state index >= 15 is 0 Å². The average Bonchev–Trinajstić information content (AvgIpc) is 3.46. The highest BCUT2D eigenvalue weighted by Gasteiger charge is 2.42. The van der Waals surface area contributed by atoms with Crippen LogP contribution in [0.5, 0.6) is 0 Å². The summed E-state index contributed by atoms with van der Waals surface area (Å²) in [7, 11) is 0. The van der Waals surface area contributed by atoms with Crippen molar-refractivity contribution in [2.45, 2.75) is 70.9 Å². The molecule has 4 aromatic rings. The van der Waals surface area contributed by atoms with Gasteiger partial charge in [0.05, 0.1) is 23.7 Å². The smallest absolute Gasteiger partial charge is 0.382 e. The van der Waals surface area contributed by atoms with Crippen LogP contribution < -0.4 is 5.73 Å². The summed E-state index contributed by atoms with van der Waals surface area (Å²) in [6.45, 7) is 12.6. The minimum atomic E-state index is -0.893. The third-order valence-corrected chi connectivity index (χ3v) is 7.76. The highest BCUT2D eigenvalue weighted by atomic mass is 19.1. The quantitative estimate of drug-likeness (QED) is 0.269. The number of nitrogen functional groups attached to an aromatic ring is 1. The first-order chi connectivity index (χ1) is 21.2. The molecule has 0 saturated carbocycles. The second kappa shape index (κ2) is 11.9. The predicted molar refractivity (Wildman–Crippen MR) is 166 cm³/mol. The largest absolute Gasteiger partial charge is 0.429 e. The van der Waals surface area contributed by atoms with E-state index in [2.05, 4.69) is 26.2 Å². The fourth-order valence-corrected chi connectivity index (χ4v) is 5.84. The van der Waals surface area contributed by atoms with Crippen molar-refractivity contribution in [3.05, 3.63) is 66.4 Å². The lowest BCUT2D eigenvalue weighted by Crippen LogP contribution is -2.57. The monoisotopic (exact) mass is 612 g/mol. The zero-order valence-electron chi connectivity index (χ0n) is 26.3. The molecule has 1 fully saturated rings. The first kappa shape index (κ1) is 31.5. The normalized spacial score (nSPS) is 15.3. The highest BCUT2D eigenvalue weighted by molar-refractivity contribution is 5.73. The van der Waals surface area contributed by atoms with Crippen LogP contribution in [0.2, 0.25) is 0 Å². The molecule has 1 aliphatic heterocycles. The molecule has 0 atom stereocenters. The van der Waals surface area contributed by atoms with Crippen molar-refractivity contribution >= 4 is 11.9 Å². The standard InChI is InChI=1S/C33H37FN8O3/c1-31(2,3)42(32(4,5)6)30(43)45-41-15-12-33(20-35,13-16-41)27-17-21(11-14-37-27)25-19-38-29(36)28(39-25)26-18-24(40-44-26)22-9-7-8-10-23(22)34/h7-11,14,17-19H,12-13,15-16H2,1-6H3,(H2,36,38). The van der Waals surface area contributed by atoms with Gasteiger partial charge in [-0.3, -0.25) is 9.88 Å². The number of hydrogen-bond donors (Lipinski definition) is 1. The Labute approximate surface area is 261 Å². The first-order valence-electron chi connectivity index (χ1n) is 14.7. The van der Waals surface area contributed by atoms with Crippen LogP contribution in [0.1, 0.15) is 60.1 Å². The molecule has 0 unspecified atom stereocenters. The van der Waals surface area contributed by atoms with E-state index in [1.54, 1.807) is 46.5 Å². The van der Waals surface area contributed by atoms with Gasteiger partial charge in [0.15, 0.2) is 17.3 Å². The number of carbonyl (C=O) groups excluding carboxylic acids is 1. The predicted octanol–water partition coefficient (Wildman–Crippen LogP) is 6.39. The Balaban J connectivity index is 1.35. The molecule has 0 spiro atoms. The lowest BCUT2D eigenvalue weighted by atomic mass is 9.76. The molecule has 11 nitrogen and oxygen atoms in total. The first-order valence-corrected chi connectivity index (χ1v) is 14.7. The molecular weight excluding hydrogens is 575 g/mol. The maximum atomic E-state index is 14.3. The molecule has 1 saturated heterocycles. The Kier molecular flexibility index (Phi) is 8.33. The van der Waals surface area contributed by atoms with Crippen LogP contribution in [0, 0.1) is 17.1 Å². The van der Waals surface area contributed by atoms with Crippen molar-refractivity contribution in [3.63, 3.8) is 0 Å². The summed E-state index contributed by atoms with van der Waals surface area (Å²) >= 11 is 0. The van der Waals surface area contributed by atoms with Crippen LogP contribution >= 0.6 is 0 Å². The van der Waals surface area contributed by atoms with Crippen LogP contribution in [-0.4, -0.2) is 60.3 Å². The van der Waals surface area contributed by atoms with Gasteiger partial charge in [-0.25, -0.2) is 19.2 Å². The van der Waals surface area contributed by atoms with Crippen LogP contribution in [0.15, 0.2) is 59.4 Å². The molecule has 12 heteroatoms. The number of nitriles is 1. The summed E-state index contributed by atoms with van der Waals surface area (Å²) in [6, 6.07) is 13.9. The Morgan fingerprint density at radius 1 is 1.07 bits per heavy atom. The number of pyridine rings is 1. The highest BCUT2D eigenvalue weighted by Crippen LogP contribution is 2.37. The number of piperidine rings is 1. The van der Waals surface area contributed by atoms with Crippen LogP contribution in [-0.2, 0) is 10.3 Å². The topological polar surface area (TPSA) is 147 Å². The number of hydroxylamine groups is 2. The molecular formula is C33H37FN8O3. The van der Waals surface area contributed by atoms with Gasteiger partial charge < -0.3 is 15.1 Å². The van der Waals surface area contributed by atoms with Gasteiger partial charge in [0, 0.05) is 47.6 Å². The Morgan fingerprint density at radius 2 is 1.76 bits per heavy atom. The van der Waals surface area contributed by atoms with Gasteiger partial charge >= 0.3 is 6.09 Å². The van der Waals surface area contributed by atoms with Gasteiger partial charge in [0.2, 0.25) is 0 Å². The summed E-state index contributed by atoms with van der Waals surface area (Å²) in [5.74, 6) is -0.0703. The number of aromatic nitrogens is 4. The van der Waals surface area contributed by atoms with Gasteiger partial charge in [-0.2, -0.15) is 5.26 Å². The minimum absolute atomic E-state index is 0.121. The van der Waals surface area contributed by atoms with Crippen molar-refractivity contribution in [3.8, 4) is 40.0 Å². The number of rotatable bonds is 5. The van der Waals surface area contributed by atoms with Gasteiger partial charge in [0.25, 0.3) is 0 Å². The lowest BCUT2D eigenvalue weighted by Gasteiger charge is -2.45. The molecule has 0 radical (unpaired) electrons. The fraction of sp³-hybridized carbons (Fsp3) is 0.394. The third-order valence-electron chi connectivity index (χ3n) is 7.76. The van der Waals surface area contributed by atoms with Gasteiger partial charge in [-0.05, 0) is 78.6 Å². The van der Waals surface area contributed by atoms with Crippen LogP contribution in [0.3, 0.4) is 0 Å². The SMILES string of the molecule is CC(C)(C)N(C(=O)ON1CCC(C#N)(c2cc(-c3cnc(N)c(-c4cc(-c5ccccc5F)no4)n3)ccn2)CC1)C(C)(C)C. The molecule has 2 N–H and O–H groups in total. The number of anilines is 1. The summed E-state index contributed by atoms with van der Waals surface area (Å²) in [5.41, 5.74) is 6.97. The number of nitrogens with two attached hydrogens (primary N) is 1. The van der Waals surface area contributed by atoms with Crippen molar-refractivity contribution in [1.29, 1.82) is 5.26 Å². The number of carbonyl (C=O) groups is 1. The minimum Gasteiger partial charge on any atom is -0.382 e. The molecule has 0 bridgehead atoms. The van der Waals surface area contributed by atoms with E-state index < -0.39 is 28.4 Å². The van der Waals surface area contributed by atoms with E-state index in [0.717, 1.165) is 0 Å². The zero-order chi connectivity index (χ0) is 32.6. The molecule has 1 amide bonds. The van der Waals surface area contributed by atoms with Gasteiger partial charge in [-0.1, -0.05) is 17.3 Å². The second-order valence-corrected chi connectivity index (χ2v) is 13.1. The van der Waals surface area contributed by atoms with Crippen LogP contribution in [0.25, 0.3) is 34.0 Å². The van der Waals surface area contributed by atoms with Crippen molar-refractivity contribution in [1.82, 2.24) is 30.1 Å². The molecule has 0 aliphatic carbocycles. The van der Waals surface area contributed by atoms with Crippen molar-refractivity contribution in [2.24, 2.45) is 0 Å². The molecule has 5 rings (SSSR count). The number of amides is 1. The number of halogens is 1.